The summed E-state index contributed by atoms with van der Waals surface area (Å²) in [6.07, 6.45) is 4.67. The van der Waals surface area contributed by atoms with Gasteiger partial charge in [0, 0.05) is 44.8 Å². The van der Waals surface area contributed by atoms with E-state index in [2.05, 4.69) is 22.0 Å². The van der Waals surface area contributed by atoms with E-state index in [0.717, 1.165) is 45.6 Å². The third-order valence-electron chi connectivity index (χ3n) is 4.61. The van der Waals surface area contributed by atoms with Crippen molar-refractivity contribution in [3.05, 3.63) is 0 Å². The largest absolute Gasteiger partial charge is 0.352 e. The average molecular weight is 282 g/mol. The molecule has 1 saturated carbocycles. The van der Waals surface area contributed by atoms with Gasteiger partial charge in [-0.05, 0) is 26.2 Å². The molecule has 2 unspecified atom stereocenters. The number of carbonyl (C=O) groups excluding carboxylic acids is 1. The van der Waals surface area contributed by atoms with Gasteiger partial charge in [-0.1, -0.05) is 13.3 Å². The van der Waals surface area contributed by atoms with Crippen LogP contribution in [0.3, 0.4) is 0 Å². The zero-order valence-electron chi connectivity index (χ0n) is 13.0. The van der Waals surface area contributed by atoms with E-state index in [-0.39, 0.29) is 11.9 Å². The van der Waals surface area contributed by atoms with E-state index in [9.17, 15) is 4.79 Å². The molecule has 1 saturated heterocycles. The molecule has 1 aliphatic carbocycles. The van der Waals surface area contributed by atoms with Crippen LogP contribution in [0.5, 0.6) is 0 Å². The van der Waals surface area contributed by atoms with Crippen molar-refractivity contribution in [2.75, 3.05) is 32.7 Å². The average Bonchev–Trinajstić information content (AvgIpc) is 3.28. The van der Waals surface area contributed by atoms with Crippen LogP contribution in [0.15, 0.2) is 0 Å². The van der Waals surface area contributed by atoms with Crippen LogP contribution in [0.4, 0.5) is 0 Å². The molecular formula is C15H30N4O. The van der Waals surface area contributed by atoms with Crippen LogP contribution in [0.25, 0.3) is 0 Å². The van der Waals surface area contributed by atoms with Gasteiger partial charge in [-0.2, -0.15) is 0 Å². The molecule has 5 heteroatoms. The van der Waals surface area contributed by atoms with E-state index < -0.39 is 0 Å². The standard InChI is InChI=1S/C15H30N4O/c1-3-4-14(11-16)19-9-7-18(8-10-19)12(2)15(20)17-13-5-6-13/h12-14H,3-11,16H2,1-2H3,(H,17,20). The van der Waals surface area contributed by atoms with Crippen LogP contribution >= 0.6 is 0 Å². The van der Waals surface area contributed by atoms with E-state index in [1.54, 1.807) is 0 Å². The molecule has 1 amide bonds. The lowest BCUT2D eigenvalue weighted by molar-refractivity contribution is -0.126. The summed E-state index contributed by atoms with van der Waals surface area (Å²) in [7, 11) is 0. The highest BCUT2D eigenvalue weighted by Gasteiger charge is 2.30. The Morgan fingerprint density at radius 3 is 2.35 bits per heavy atom. The summed E-state index contributed by atoms with van der Waals surface area (Å²) in [4.78, 5) is 16.9. The van der Waals surface area contributed by atoms with E-state index in [1.165, 1.54) is 12.8 Å². The molecule has 2 fully saturated rings. The van der Waals surface area contributed by atoms with Gasteiger partial charge in [0.1, 0.15) is 0 Å². The lowest BCUT2D eigenvalue weighted by atomic mass is 10.1. The molecule has 2 rings (SSSR count). The molecule has 5 nitrogen and oxygen atoms in total. The van der Waals surface area contributed by atoms with Crippen LogP contribution in [0, 0.1) is 0 Å². The Hall–Kier alpha value is -0.650. The van der Waals surface area contributed by atoms with Crippen molar-refractivity contribution in [1.82, 2.24) is 15.1 Å². The fraction of sp³-hybridized carbons (Fsp3) is 0.933. The number of nitrogens with two attached hydrogens (primary N) is 1. The highest BCUT2D eigenvalue weighted by molar-refractivity contribution is 5.81. The first-order chi connectivity index (χ1) is 9.65. The molecule has 1 heterocycles. The predicted octanol–water partition coefficient (Wildman–Crippen LogP) is 0.399. The highest BCUT2D eigenvalue weighted by atomic mass is 16.2. The molecule has 0 aromatic heterocycles. The van der Waals surface area contributed by atoms with Gasteiger partial charge in [-0.25, -0.2) is 0 Å². The summed E-state index contributed by atoms with van der Waals surface area (Å²) in [5, 5.41) is 3.10. The first kappa shape index (κ1) is 15.7. The molecule has 2 atom stereocenters. The molecule has 0 aromatic rings. The molecule has 0 radical (unpaired) electrons. The van der Waals surface area contributed by atoms with Crippen LogP contribution in [0.1, 0.15) is 39.5 Å². The number of hydrogen-bond donors (Lipinski definition) is 2. The van der Waals surface area contributed by atoms with Crippen molar-refractivity contribution in [2.45, 2.75) is 57.7 Å². The van der Waals surface area contributed by atoms with Crippen LogP contribution in [-0.2, 0) is 4.79 Å². The first-order valence-electron chi connectivity index (χ1n) is 8.14. The second-order valence-electron chi connectivity index (χ2n) is 6.21. The molecule has 3 N–H and O–H groups in total. The van der Waals surface area contributed by atoms with Crippen molar-refractivity contribution in [2.24, 2.45) is 5.73 Å². The third-order valence-corrected chi connectivity index (χ3v) is 4.61. The Morgan fingerprint density at radius 1 is 1.25 bits per heavy atom. The maximum absolute atomic E-state index is 12.1. The van der Waals surface area contributed by atoms with Crippen molar-refractivity contribution in [3.63, 3.8) is 0 Å². The number of nitrogens with zero attached hydrogens (tertiary/aromatic N) is 2. The maximum Gasteiger partial charge on any atom is 0.237 e. The quantitative estimate of drug-likeness (QED) is 0.709. The summed E-state index contributed by atoms with van der Waals surface area (Å²) in [5.41, 5.74) is 5.87. The van der Waals surface area contributed by atoms with Gasteiger partial charge in [-0.15, -0.1) is 0 Å². The first-order valence-corrected chi connectivity index (χ1v) is 8.14. The summed E-state index contributed by atoms with van der Waals surface area (Å²) >= 11 is 0. The topological polar surface area (TPSA) is 61.6 Å². The molecule has 20 heavy (non-hydrogen) atoms. The van der Waals surface area contributed by atoms with Gasteiger partial charge >= 0.3 is 0 Å². The Balaban J connectivity index is 1.76. The lowest BCUT2D eigenvalue weighted by Gasteiger charge is -2.40. The van der Waals surface area contributed by atoms with Crippen molar-refractivity contribution < 1.29 is 4.79 Å². The smallest absolute Gasteiger partial charge is 0.237 e. The van der Waals surface area contributed by atoms with Crippen molar-refractivity contribution in [3.8, 4) is 0 Å². The number of amides is 1. The summed E-state index contributed by atoms with van der Waals surface area (Å²) in [5.74, 6) is 0.199. The monoisotopic (exact) mass is 282 g/mol. The summed E-state index contributed by atoms with van der Waals surface area (Å²) < 4.78 is 0. The normalized spacial score (nSPS) is 24.4. The Bertz CT molecular complexity index is 311. The van der Waals surface area contributed by atoms with Crippen LogP contribution in [-0.4, -0.2) is 66.6 Å². The van der Waals surface area contributed by atoms with Gasteiger partial charge in [0.15, 0.2) is 0 Å². The highest BCUT2D eigenvalue weighted by Crippen LogP contribution is 2.19. The Labute approximate surface area is 122 Å². The van der Waals surface area contributed by atoms with E-state index in [0.29, 0.717) is 12.1 Å². The number of piperazine rings is 1. The van der Waals surface area contributed by atoms with Gasteiger partial charge in [0.25, 0.3) is 0 Å². The fourth-order valence-corrected chi connectivity index (χ4v) is 2.99. The minimum Gasteiger partial charge on any atom is -0.352 e. The van der Waals surface area contributed by atoms with Crippen LogP contribution < -0.4 is 11.1 Å². The Kier molecular flexibility index (Phi) is 5.81. The van der Waals surface area contributed by atoms with E-state index in [1.807, 2.05) is 6.92 Å². The second-order valence-corrected chi connectivity index (χ2v) is 6.21. The predicted molar refractivity (Wildman–Crippen MR) is 81.5 cm³/mol. The Morgan fingerprint density at radius 2 is 1.85 bits per heavy atom. The fourth-order valence-electron chi connectivity index (χ4n) is 2.99. The molecule has 0 aromatic carbocycles. The number of hydrogen-bond acceptors (Lipinski definition) is 4. The molecular weight excluding hydrogens is 252 g/mol. The molecule has 0 bridgehead atoms. The second kappa shape index (κ2) is 7.38. The molecule has 2 aliphatic rings. The van der Waals surface area contributed by atoms with E-state index in [4.69, 9.17) is 5.73 Å². The maximum atomic E-state index is 12.1. The molecule has 0 spiro atoms. The van der Waals surface area contributed by atoms with Crippen molar-refractivity contribution in [1.29, 1.82) is 0 Å². The van der Waals surface area contributed by atoms with E-state index >= 15 is 0 Å². The minimum absolute atomic E-state index is 0.000233. The van der Waals surface area contributed by atoms with Crippen molar-refractivity contribution >= 4 is 5.91 Å². The number of nitrogens with one attached hydrogen (secondary N) is 1. The van der Waals surface area contributed by atoms with Crippen LogP contribution in [0.2, 0.25) is 0 Å². The van der Waals surface area contributed by atoms with Gasteiger partial charge < -0.3 is 11.1 Å². The lowest BCUT2D eigenvalue weighted by Crippen LogP contribution is -2.56. The van der Waals surface area contributed by atoms with Gasteiger partial charge in [-0.3, -0.25) is 14.6 Å². The molecule has 116 valence electrons. The van der Waals surface area contributed by atoms with Gasteiger partial charge in [0.05, 0.1) is 6.04 Å². The van der Waals surface area contributed by atoms with Gasteiger partial charge in [0.2, 0.25) is 5.91 Å². The summed E-state index contributed by atoms with van der Waals surface area (Å²) in [6.45, 7) is 8.99. The molecule has 1 aliphatic heterocycles. The number of carbonyl (C=O) groups is 1. The summed E-state index contributed by atoms with van der Waals surface area (Å²) in [6, 6.07) is 0.968. The zero-order chi connectivity index (χ0) is 14.5. The SMILES string of the molecule is CCCC(CN)N1CCN(C(C)C(=O)NC2CC2)CC1. The zero-order valence-corrected chi connectivity index (χ0v) is 13.0. The minimum atomic E-state index is 0.000233. The number of rotatable bonds is 7. The third kappa shape index (κ3) is 4.17.